The number of hydrogen-bond acceptors (Lipinski definition) is 3. The van der Waals surface area contributed by atoms with E-state index in [-0.39, 0.29) is 10.7 Å². The van der Waals surface area contributed by atoms with Crippen LogP contribution in [-0.4, -0.2) is 48.8 Å². The number of amides is 1. The lowest BCUT2D eigenvalue weighted by molar-refractivity contribution is 0.0742. The summed E-state index contributed by atoms with van der Waals surface area (Å²) in [5, 5.41) is 7.95. The molecule has 21 heavy (non-hydrogen) atoms. The number of carbonyl (C=O) groups is 1. The molecule has 0 aliphatic carbocycles. The molecule has 1 aliphatic rings. The van der Waals surface area contributed by atoms with Gasteiger partial charge in [-0.1, -0.05) is 11.6 Å². The molecule has 6 heteroatoms. The van der Waals surface area contributed by atoms with Crippen molar-refractivity contribution >= 4 is 27.6 Å². The number of nitrogens with one attached hydrogen (secondary N) is 1. The highest BCUT2D eigenvalue weighted by Crippen LogP contribution is 2.24. The van der Waals surface area contributed by atoms with Crippen LogP contribution in [0.5, 0.6) is 0 Å². The number of aromatic amines is 1. The Bertz CT molecular complexity index is 736. The first-order chi connectivity index (χ1) is 9.88. The molecule has 1 aliphatic heterocycles. The van der Waals surface area contributed by atoms with Gasteiger partial charge in [-0.15, -0.1) is 0 Å². The topological polar surface area (TPSA) is 66.1 Å². The van der Waals surface area contributed by atoms with Gasteiger partial charge in [0.2, 0.25) is 0 Å². The molecule has 1 amide bonds. The lowest BCUT2D eigenvalue weighted by Gasteiger charge is -2.36. The summed E-state index contributed by atoms with van der Waals surface area (Å²) in [6, 6.07) is 5.89. The average molecular weight is 305 g/mol. The minimum atomic E-state index is -0.887. The molecular weight excluding hydrogens is 286 g/mol. The Balaban J connectivity index is 1.94. The normalized spacial score (nSPS) is 21.7. The smallest absolute Gasteiger partial charge is 0.275 e. The van der Waals surface area contributed by atoms with Crippen molar-refractivity contribution in [2.75, 3.05) is 18.8 Å². The minimum Gasteiger partial charge on any atom is -0.335 e. The van der Waals surface area contributed by atoms with E-state index in [1.54, 1.807) is 4.90 Å². The predicted octanol–water partition coefficient (Wildman–Crippen LogP) is 1.85. The Morgan fingerprint density at radius 2 is 2.19 bits per heavy atom. The van der Waals surface area contributed by atoms with E-state index < -0.39 is 10.8 Å². The number of nitrogens with zero attached hydrogens (tertiary/aromatic N) is 2. The van der Waals surface area contributed by atoms with Crippen molar-refractivity contribution in [2.45, 2.75) is 25.5 Å². The molecule has 1 aromatic heterocycles. The maximum absolute atomic E-state index is 12.7. The van der Waals surface area contributed by atoms with E-state index in [1.165, 1.54) is 0 Å². The summed E-state index contributed by atoms with van der Waals surface area (Å²) in [4.78, 5) is 14.5. The quantitative estimate of drug-likeness (QED) is 0.874. The van der Waals surface area contributed by atoms with Crippen LogP contribution in [0.25, 0.3) is 10.9 Å². The van der Waals surface area contributed by atoms with Crippen LogP contribution in [-0.2, 0) is 10.8 Å². The summed E-state index contributed by atoms with van der Waals surface area (Å²) in [6.07, 6.45) is 0. The number of aromatic nitrogens is 2. The van der Waals surface area contributed by atoms with Crippen molar-refractivity contribution in [3.8, 4) is 0 Å². The zero-order chi connectivity index (χ0) is 15.2. The van der Waals surface area contributed by atoms with E-state index in [1.807, 2.05) is 39.0 Å². The van der Waals surface area contributed by atoms with Gasteiger partial charge in [0.05, 0.1) is 10.3 Å². The Hall–Kier alpha value is -1.69. The van der Waals surface area contributed by atoms with Gasteiger partial charge in [-0.05, 0) is 32.9 Å². The SMILES string of the molecule is Cc1ccc2[nH]nc(C(=O)N3CC[S@](=O)C(C)(C)C3)c2c1. The van der Waals surface area contributed by atoms with Gasteiger partial charge in [0.1, 0.15) is 0 Å². The summed E-state index contributed by atoms with van der Waals surface area (Å²) in [7, 11) is -0.887. The first-order valence-electron chi connectivity index (χ1n) is 7.01. The number of fused-ring (bicyclic) bond motifs is 1. The monoisotopic (exact) mass is 305 g/mol. The van der Waals surface area contributed by atoms with Crippen LogP contribution in [0.3, 0.4) is 0 Å². The maximum Gasteiger partial charge on any atom is 0.275 e. The third kappa shape index (κ3) is 2.48. The second-order valence-corrected chi connectivity index (χ2v) is 8.36. The molecule has 0 radical (unpaired) electrons. The minimum absolute atomic E-state index is 0.0865. The van der Waals surface area contributed by atoms with E-state index in [2.05, 4.69) is 10.2 Å². The molecule has 2 heterocycles. The van der Waals surface area contributed by atoms with Crippen molar-refractivity contribution in [1.82, 2.24) is 15.1 Å². The van der Waals surface area contributed by atoms with Gasteiger partial charge in [0, 0.05) is 35.0 Å². The van der Waals surface area contributed by atoms with Gasteiger partial charge in [0.15, 0.2) is 5.69 Å². The predicted molar refractivity (Wildman–Crippen MR) is 83.8 cm³/mol. The number of hydrogen-bond donors (Lipinski definition) is 1. The van der Waals surface area contributed by atoms with Crippen molar-refractivity contribution in [3.05, 3.63) is 29.5 Å². The maximum atomic E-state index is 12.7. The second kappa shape index (κ2) is 4.94. The fraction of sp³-hybridized carbons (Fsp3) is 0.467. The fourth-order valence-corrected chi connectivity index (χ4v) is 3.93. The van der Waals surface area contributed by atoms with Crippen molar-refractivity contribution in [1.29, 1.82) is 0 Å². The van der Waals surface area contributed by atoms with Crippen molar-refractivity contribution in [2.24, 2.45) is 0 Å². The van der Waals surface area contributed by atoms with E-state index in [4.69, 9.17) is 0 Å². The molecular formula is C15H19N3O2S. The van der Waals surface area contributed by atoms with E-state index in [0.29, 0.717) is 24.5 Å². The second-order valence-electron chi connectivity index (χ2n) is 6.16. The zero-order valence-electron chi connectivity index (χ0n) is 12.5. The molecule has 0 saturated carbocycles. The number of carbonyl (C=O) groups excluding carboxylic acids is 1. The highest BCUT2D eigenvalue weighted by molar-refractivity contribution is 7.86. The molecule has 1 aromatic carbocycles. The molecule has 0 spiro atoms. The van der Waals surface area contributed by atoms with Gasteiger partial charge in [-0.25, -0.2) is 0 Å². The lowest BCUT2D eigenvalue weighted by atomic mass is 10.1. The van der Waals surface area contributed by atoms with Gasteiger partial charge < -0.3 is 4.90 Å². The van der Waals surface area contributed by atoms with Crippen LogP contribution >= 0.6 is 0 Å². The summed E-state index contributed by atoms with van der Waals surface area (Å²) in [5.74, 6) is 0.441. The summed E-state index contributed by atoms with van der Waals surface area (Å²) < 4.78 is 11.6. The molecule has 5 nitrogen and oxygen atoms in total. The number of aryl methyl sites for hydroxylation is 1. The highest BCUT2D eigenvalue weighted by Gasteiger charge is 2.36. The van der Waals surface area contributed by atoms with Crippen LogP contribution < -0.4 is 0 Å². The van der Waals surface area contributed by atoms with E-state index >= 15 is 0 Å². The third-order valence-electron chi connectivity index (χ3n) is 3.94. The van der Waals surface area contributed by atoms with Crippen LogP contribution in [0.1, 0.15) is 29.9 Å². The molecule has 2 aromatic rings. The van der Waals surface area contributed by atoms with Crippen LogP contribution in [0.2, 0.25) is 0 Å². The Morgan fingerprint density at radius 3 is 2.90 bits per heavy atom. The Kier molecular flexibility index (Phi) is 3.36. The lowest BCUT2D eigenvalue weighted by Crippen LogP contribution is -2.52. The molecule has 0 unspecified atom stereocenters. The van der Waals surface area contributed by atoms with Crippen LogP contribution in [0, 0.1) is 6.92 Å². The number of H-pyrrole nitrogens is 1. The molecule has 1 fully saturated rings. The van der Waals surface area contributed by atoms with Gasteiger partial charge in [-0.3, -0.25) is 14.1 Å². The number of benzene rings is 1. The van der Waals surface area contributed by atoms with Crippen molar-refractivity contribution in [3.63, 3.8) is 0 Å². The van der Waals surface area contributed by atoms with Crippen molar-refractivity contribution < 1.29 is 9.00 Å². The van der Waals surface area contributed by atoms with Gasteiger partial charge >= 0.3 is 0 Å². The molecule has 1 atom stereocenters. The summed E-state index contributed by atoms with van der Waals surface area (Å²) in [6.45, 7) is 6.90. The largest absolute Gasteiger partial charge is 0.335 e. The zero-order valence-corrected chi connectivity index (χ0v) is 13.3. The molecule has 1 saturated heterocycles. The van der Waals surface area contributed by atoms with Crippen LogP contribution in [0.4, 0.5) is 0 Å². The summed E-state index contributed by atoms with van der Waals surface area (Å²) >= 11 is 0. The standard InChI is InChI=1S/C15H19N3O2S/c1-10-4-5-12-11(8-10)13(17-16-12)14(19)18-6-7-21(20)15(2,3)9-18/h4-5,8H,6-7,9H2,1-3H3,(H,16,17)/t21-/m0/s1. The highest BCUT2D eigenvalue weighted by atomic mass is 32.2. The molecule has 0 bridgehead atoms. The molecule has 1 N–H and O–H groups in total. The number of rotatable bonds is 1. The van der Waals surface area contributed by atoms with E-state index in [9.17, 15) is 9.00 Å². The third-order valence-corrected chi connectivity index (χ3v) is 5.86. The van der Waals surface area contributed by atoms with E-state index in [0.717, 1.165) is 16.5 Å². The van der Waals surface area contributed by atoms with Gasteiger partial charge in [0.25, 0.3) is 5.91 Å². The van der Waals surface area contributed by atoms with Crippen LogP contribution in [0.15, 0.2) is 18.2 Å². The molecule has 3 rings (SSSR count). The average Bonchev–Trinajstić information content (AvgIpc) is 2.84. The fourth-order valence-electron chi connectivity index (χ4n) is 2.69. The first kappa shape index (κ1) is 14.3. The first-order valence-corrected chi connectivity index (χ1v) is 8.33. The van der Waals surface area contributed by atoms with Gasteiger partial charge in [-0.2, -0.15) is 5.10 Å². The molecule has 112 valence electrons. The summed E-state index contributed by atoms with van der Waals surface area (Å²) in [5.41, 5.74) is 2.42. The Morgan fingerprint density at radius 1 is 1.43 bits per heavy atom. The Labute approximate surface area is 126 Å².